The molecular formula is C24H22N4O3S. The number of para-hydroxylation sites is 2. The summed E-state index contributed by atoms with van der Waals surface area (Å²) in [6, 6.07) is 20.6. The molecule has 0 aliphatic heterocycles. The molecule has 0 bridgehead atoms. The van der Waals surface area contributed by atoms with E-state index in [1.807, 2.05) is 31.2 Å². The SMILES string of the molecule is Cc1cccc(NS(=O)(=O)c2ccc(C)c(C(=O)Nc3ccccc3-n3cccn3)c2)c1. The highest BCUT2D eigenvalue weighted by Crippen LogP contribution is 2.23. The van der Waals surface area contributed by atoms with Gasteiger partial charge in [0.1, 0.15) is 0 Å². The zero-order chi connectivity index (χ0) is 22.7. The van der Waals surface area contributed by atoms with E-state index in [2.05, 4.69) is 15.1 Å². The topological polar surface area (TPSA) is 93.1 Å². The van der Waals surface area contributed by atoms with Crippen molar-refractivity contribution in [1.82, 2.24) is 9.78 Å². The molecule has 0 aliphatic rings. The van der Waals surface area contributed by atoms with E-state index in [1.165, 1.54) is 12.1 Å². The molecule has 1 amide bonds. The quantitative estimate of drug-likeness (QED) is 0.455. The van der Waals surface area contributed by atoms with Crippen LogP contribution in [0.1, 0.15) is 21.5 Å². The molecule has 0 saturated heterocycles. The molecule has 7 nitrogen and oxygen atoms in total. The van der Waals surface area contributed by atoms with Crippen molar-refractivity contribution < 1.29 is 13.2 Å². The lowest BCUT2D eigenvalue weighted by atomic mass is 10.1. The summed E-state index contributed by atoms with van der Waals surface area (Å²) in [5.74, 6) is -0.408. The van der Waals surface area contributed by atoms with Crippen molar-refractivity contribution in [1.29, 1.82) is 0 Å². The maximum Gasteiger partial charge on any atom is 0.261 e. The van der Waals surface area contributed by atoms with E-state index < -0.39 is 15.9 Å². The van der Waals surface area contributed by atoms with Crippen molar-refractivity contribution in [2.24, 2.45) is 0 Å². The van der Waals surface area contributed by atoms with Gasteiger partial charge >= 0.3 is 0 Å². The average Bonchev–Trinajstić information content (AvgIpc) is 3.28. The van der Waals surface area contributed by atoms with Crippen LogP contribution in [0.3, 0.4) is 0 Å². The number of rotatable bonds is 6. The van der Waals surface area contributed by atoms with Crippen LogP contribution >= 0.6 is 0 Å². The monoisotopic (exact) mass is 446 g/mol. The van der Waals surface area contributed by atoms with Crippen LogP contribution in [0.25, 0.3) is 5.69 Å². The number of anilines is 2. The van der Waals surface area contributed by atoms with E-state index in [0.717, 1.165) is 5.56 Å². The summed E-state index contributed by atoms with van der Waals surface area (Å²) in [5.41, 5.74) is 3.59. The van der Waals surface area contributed by atoms with Crippen molar-refractivity contribution in [2.45, 2.75) is 18.7 Å². The van der Waals surface area contributed by atoms with Crippen LogP contribution in [-0.2, 0) is 10.0 Å². The number of nitrogens with zero attached hydrogens (tertiary/aromatic N) is 2. The summed E-state index contributed by atoms with van der Waals surface area (Å²) in [7, 11) is -3.86. The zero-order valence-electron chi connectivity index (χ0n) is 17.6. The van der Waals surface area contributed by atoms with Crippen LogP contribution in [0.4, 0.5) is 11.4 Å². The number of aryl methyl sites for hydroxylation is 2. The van der Waals surface area contributed by atoms with E-state index >= 15 is 0 Å². The summed E-state index contributed by atoms with van der Waals surface area (Å²) in [6.45, 7) is 3.64. The second-order valence-electron chi connectivity index (χ2n) is 7.37. The predicted octanol–water partition coefficient (Wildman–Crippen LogP) is 4.54. The third-order valence-electron chi connectivity index (χ3n) is 4.94. The van der Waals surface area contributed by atoms with Gasteiger partial charge < -0.3 is 5.32 Å². The number of amides is 1. The first kappa shape index (κ1) is 21.3. The number of hydrogen-bond donors (Lipinski definition) is 2. The first-order valence-electron chi connectivity index (χ1n) is 9.94. The molecule has 0 aliphatic carbocycles. The van der Waals surface area contributed by atoms with Gasteiger partial charge in [-0.25, -0.2) is 13.1 Å². The summed E-state index contributed by atoms with van der Waals surface area (Å²) in [4.78, 5) is 13.1. The fraction of sp³-hybridized carbons (Fsp3) is 0.0833. The highest BCUT2D eigenvalue weighted by atomic mass is 32.2. The average molecular weight is 447 g/mol. The Kier molecular flexibility index (Phi) is 5.79. The molecule has 4 rings (SSSR count). The van der Waals surface area contributed by atoms with Gasteiger partial charge in [-0.2, -0.15) is 5.10 Å². The number of benzene rings is 3. The molecule has 1 heterocycles. The minimum Gasteiger partial charge on any atom is -0.320 e. The van der Waals surface area contributed by atoms with Gasteiger partial charge in [0.05, 0.1) is 16.3 Å². The van der Waals surface area contributed by atoms with Gasteiger partial charge in [-0.1, -0.05) is 30.3 Å². The van der Waals surface area contributed by atoms with Crippen LogP contribution in [0.5, 0.6) is 0 Å². The summed E-state index contributed by atoms with van der Waals surface area (Å²) in [6.07, 6.45) is 3.43. The second-order valence-corrected chi connectivity index (χ2v) is 9.06. The van der Waals surface area contributed by atoms with E-state index in [9.17, 15) is 13.2 Å². The molecule has 32 heavy (non-hydrogen) atoms. The van der Waals surface area contributed by atoms with Crippen LogP contribution in [0.15, 0.2) is 90.1 Å². The van der Waals surface area contributed by atoms with Crippen molar-refractivity contribution in [3.05, 3.63) is 102 Å². The maximum absolute atomic E-state index is 13.1. The van der Waals surface area contributed by atoms with E-state index in [-0.39, 0.29) is 10.5 Å². The van der Waals surface area contributed by atoms with Crippen LogP contribution < -0.4 is 10.0 Å². The Morgan fingerprint density at radius 2 is 1.75 bits per heavy atom. The first-order valence-corrected chi connectivity index (χ1v) is 11.4. The Morgan fingerprint density at radius 1 is 0.938 bits per heavy atom. The fourth-order valence-corrected chi connectivity index (χ4v) is 4.39. The molecule has 3 aromatic carbocycles. The zero-order valence-corrected chi connectivity index (χ0v) is 18.4. The molecule has 1 aromatic heterocycles. The Hall–Kier alpha value is -3.91. The van der Waals surface area contributed by atoms with Gasteiger partial charge in [-0.05, 0) is 67.4 Å². The lowest BCUT2D eigenvalue weighted by Crippen LogP contribution is -2.18. The highest BCUT2D eigenvalue weighted by Gasteiger charge is 2.19. The number of hydrogen-bond acceptors (Lipinski definition) is 4. The standard InChI is InChI=1S/C24H22N4O3S/c1-17-7-5-8-19(15-17)27-32(30,31)20-12-11-18(2)21(16-20)24(29)26-22-9-3-4-10-23(22)28-14-6-13-25-28/h3-16,27H,1-2H3,(H,26,29). The smallest absolute Gasteiger partial charge is 0.261 e. The largest absolute Gasteiger partial charge is 0.320 e. The molecule has 0 radical (unpaired) electrons. The molecular weight excluding hydrogens is 424 g/mol. The third-order valence-corrected chi connectivity index (χ3v) is 6.32. The molecule has 0 fully saturated rings. The summed E-state index contributed by atoms with van der Waals surface area (Å²) in [5, 5.41) is 7.09. The Morgan fingerprint density at radius 3 is 2.50 bits per heavy atom. The van der Waals surface area contributed by atoms with Crippen LogP contribution in [0.2, 0.25) is 0 Å². The summed E-state index contributed by atoms with van der Waals surface area (Å²) < 4.78 is 30.0. The van der Waals surface area contributed by atoms with Crippen LogP contribution in [-0.4, -0.2) is 24.1 Å². The van der Waals surface area contributed by atoms with Crippen molar-refractivity contribution in [2.75, 3.05) is 10.0 Å². The van der Waals surface area contributed by atoms with Gasteiger partial charge in [-0.3, -0.25) is 9.52 Å². The van der Waals surface area contributed by atoms with Crippen molar-refractivity contribution in [3.63, 3.8) is 0 Å². The molecule has 4 aromatic rings. The molecule has 8 heteroatoms. The highest BCUT2D eigenvalue weighted by molar-refractivity contribution is 7.92. The Labute approximate surface area is 186 Å². The lowest BCUT2D eigenvalue weighted by Gasteiger charge is -2.14. The van der Waals surface area contributed by atoms with Gasteiger partial charge in [0.15, 0.2) is 0 Å². The number of aromatic nitrogens is 2. The summed E-state index contributed by atoms with van der Waals surface area (Å²) >= 11 is 0. The van der Waals surface area contributed by atoms with Crippen molar-refractivity contribution >= 4 is 27.3 Å². The molecule has 162 valence electrons. The van der Waals surface area contributed by atoms with Crippen LogP contribution in [0, 0.1) is 13.8 Å². The van der Waals surface area contributed by atoms with Crippen molar-refractivity contribution in [3.8, 4) is 5.69 Å². The third kappa shape index (κ3) is 4.55. The number of carbonyl (C=O) groups excluding carboxylic acids is 1. The van der Waals surface area contributed by atoms with E-state index in [4.69, 9.17) is 0 Å². The molecule has 0 spiro atoms. The first-order chi connectivity index (χ1) is 15.3. The van der Waals surface area contributed by atoms with Gasteiger partial charge in [-0.15, -0.1) is 0 Å². The molecule has 0 atom stereocenters. The minimum absolute atomic E-state index is 0.00937. The van der Waals surface area contributed by atoms with E-state index in [0.29, 0.717) is 22.6 Å². The number of nitrogens with one attached hydrogen (secondary N) is 2. The van der Waals surface area contributed by atoms with E-state index in [1.54, 1.807) is 60.4 Å². The normalized spacial score (nSPS) is 11.2. The Bertz CT molecular complexity index is 1380. The number of carbonyl (C=O) groups is 1. The predicted molar refractivity (Wildman–Crippen MR) is 125 cm³/mol. The second kappa shape index (κ2) is 8.68. The Balaban J connectivity index is 1.63. The fourth-order valence-electron chi connectivity index (χ4n) is 3.32. The number of sulfonamides is 1. The van der Waals surface area contributed by atoms with Gasteiger partial charge in [0.25, 0.3) is 15.9 Å². The minimum atomic E-state index is -3.86. The lowest BCUT2D eigenvalue weighted by molar-refractivity contribution is 0.102. The molecule has 0 saturated carbocycles. The van der Waals surface area contributed by atoms with Gasteiger partial charge in [0.2, 0.25) is 0 Å². The maximum atomic E-state index is 13.1. The van der Waals surface area contributed by atoms with Gasteiger partial charge in [0, 0.05) is 23.6 Å². The molecule has 0 unspecified atom stereocenters. The molecule has 2 N–H and O–H groups in total.